The van der Waals surface area contributed by atoms with Crippen LogP contribution in [-0.2, 0) is 6.61 Å². The van der Waals surface area contributed by atoms with Crippen LogP contribution < -0.4 is 4.74 Å². The molecule has 1 atom stereocenters. The summed E-state index contributed by atoms with van der Waals surface area (Å²) >= 11 is 0. The van der Waals surface area contributed by atoms with Gasteiger partial charge in [-0.25, -0.2) is 13.8 Å². The Hall–Kier alpha value is -2.80. The third-order valence-corrected chi connectivity index (χ3v) is 4.66. The summed E-state index contributed by atoms with van der Waals surface area (Å²) in [6.45, 7) is 3.28. The van der Waals surface area contributed by atoms with E-state index in [1.165, 1.54) is 18.2 Å². The molecule has 0 saturated carbocycles. The number of carbonyl (C=O) groups excluding carboxylic acids is 1. The van der Waals surface area contributed by atoms with Crippen LogP contribution >= 0.6 is 0 Å². The molecule has 3 aromatic rings. The number of aliphatic hydroxyl groups is 1. The Morgan fingerprint density at radius 3 is 2.64 bits per heavy atom. The molecule has 148 valence electrons. The van der Waals surface area contributed by atoms with Crippen LogP contribution in [-0.4, -0.2) is 26.4 Å². The average Bonchev–Trinajstić information content (AvgIpc) is 3.02. The van der Waals surface area contributed by atoms with Crippen LogP contribution in [0.25, 0.3) is 5.65 Å². The van der Waals surface area contributed by atoms with Crippen molar-refractivity contribution in [1.29, 1.82) is 0 Å². The Labute approximate surface area is 161 Å². The van der Waals surface area contributed by atoms with Crippen molar-refractivity contribution in [2.24, 2.45) is 0 Å². The molecule has 1 unspecified atom stereocenters. The molecule has 0 aliphatic carbocycles. The molecule has 0 radical (unpaired) electrons. The van der Waals surface area contributed by atoms with Crippen molar-refractivity contribution in [3.05, 3.63) is 65.1 Å². The highest BCUT2D eigenvalue weighted by atomic mass is 19.1. The van der Waals surface area contributed by atoms with Gasteiger partial charge in [-0.05, 0) is 44.0 Å². The zero-order valence-electron chi connectivity index (χ0n) is 15.8. The molecule has 0 amide bonds. The zero-order valence-corrected chi connectivity index (χ0v) is 15.8. The molecule has 3 rings (SSSR count). The number of rotatable bonds is 8. The number of pyridine rings is 1. The Kier molecular flexibility index (Phi) is 6.04. The van der Waals surface area contributed by atoms with Gasteiger partial charge >= 0.3 is 0 Å². The minimum atomic E-state index is -0.683. The fourth-order valence-corrected chi connectivity index (χ4v) is 3.05. The number of Topliss-reactive ketones (excluding diaryl/α,β-unsaturated/α-hetero) is 1. The summed E-state index contributed by atoms with van der Waals surface area (Å²) in [7, 11) is 0. The number of aliphatic hydroxyl groups excluding tert-OH is 1. The first-order valence-corrected chi connectivity index (χ1v) is 9.17. The lowest BCUT2D eigenvalue weighted by Gasteiger charge is -2.10. The van der Waals surface area contributed by atoms with Crippen molar-refractivity contribution in [2.45, 2.75) is 45.8 Å². The van der Waals surface area contributed by atoms with Crippen molar-refractivity contribution in [3.8, 4) is 5.75 Å². The number of fused-ring (bicyclic) bond motifs is 1. The quantitative estimate of drug-likeness (QED) is 0.587. The summed E-state index contributed by atoms with van der Waals surface area (Å²) in [6, 6.07) is 6.95. The van der Waals surface area contributed by atoms with Crippen LogP contribution in [0.1, 0.15) is 47.9 Å². The maximum atomic E-state index is 13.8. The normalized spacial score (nSPS) is 12.3. The number of nitrogens with zero attached hydrogens (tertiary/aromatic N) is 2. The van der Waals surface area contributed by atoms with Crippen molar-refractivity contribution in [3.63, 3.8) is 0 Å². The second kappa shape index (κ2) is 8.48. The molecular weight excluding hydrogens is 366 g/mol. The van der Waals surface area contributed by atoms with Gasteiger partial charge in [-0.3, -0.25) is 9.20 Å². The van der Waals surface area contributed by atoms with E-state index in [-0.39, 0.29) is 24.4 Å². The molecule has 0 spiro atoms. The molecule has 1 N–H and O–H groups in total. The van der Waals surface area contributed by atoms with Gasteiger partial charge in [0, 0.05) is 12.6 Å². The molecule has 0 bridgehead atoms. The lowest BCUT2D eigenvalue weighted by molar-refractivity contribution is 0.0931. The lowest BCUT2D eigenvalue weighted by Crippen LogP contribution is -2.11. The van der Waals surface area contributed by atoms with E-state index >= 15 is 0 Å². The summed E-state index contributed by atoms with van der Waals surface area (Å²) in [4.78, 5) is 17.0. The standard InChI is InChI=1S/C21H22F2N2O3/c1-3-14(26)9-10-18(27)20-13(2)24-21-19(8-5-11-25(20)21)28-12-15-16(22)6-4-7-17(15)23/h4-8,11,14,26H,3,9-10,12H2,1-2H3. The van der Waals surface area contributed by atoms with E-state index in [9.17, 15) is 18.7 Å². The molecular formula is C21H22F2N2O3. The van der Waals surface area contributed by atoms with Crippen molar-refractivity contribution in [2.75, 3.05) is 0 Å². The van der Waals surface area contributed by atoms with Crippen LogP contribution in [0.3, 0.4) is 0 Å². The van der Waals surface area contributed by atoms with Crippen molar-refractivity contribution >= 4 is 11.4 Å². The van der Waals surface area contributed by atoms with Gasteiger partial charge in [-0.15, -0.1) is 0 Å². The van der Waals surface area contributed by atoms with Crippen LogP contribution in [0.15, 0.2) is 36.5 Å². The van der Waals surface area contributed by atoms with E-state index in [1.54, 1.807) is 29.7 Å². The number of imidazole rings is 1. The van der Waals surface area contributed by atoms with E-state index in [4.69, 9.17) is 4.74 Å². The number of aryl methyl sites for hydroxylation is 1. The molecule has 7 heteroatoms. The number of ether oxygens (including phenoxy) is 1. The molecule has 2 aromatic heterocycles. The molecule has 5 nitrogen and oxygen atoms in total. The first-order valence-electron chi connectivity index (χ1n) is 9.17. The lowest BCUT2D eigenvalue weighted by atomic mass is 10.1. The maximum Gasteiger partial charge on any atom is 0.181 e. The van der Waals surface area contributed by atoms with E-state index in [2.05, 4.69) is 4.98 Å². The van der Waals surface area contributed by atoms with Crippen molar-refractivity contribution < 1.29 is 23.4 Å². The first-order chi connectivity index (χ1) is 13.4. The monoisotopic (exact) mass is 388 g/mol. The number of ketones is 1. The smallest absolute Gasteiger partial charge is 0.181 e. The second-order valence-electron chi connectivity index (χ2n) is 6.62. The highest BCUT2D eigenvalue weighted by molar-refractivity contribution is 5.96. The Morgan fingerprint density at radius 2 is 1.96 bits per heavy atom. The predicted octanol–water partition coefficient (Wildman–Crippen LogP) is 4.23. The summed E-state index contributed by atoms with van der Waals surface area (Å²) in [6.07, 6.45) is 2.34. The highest BCUT2D eigenvalue weighted by Gasteiger charge is 2.20. The Balaban J connectivity index is 1.87. The predicted molar refractivity (Wildman–Crippen MR) is 100 cm³/mol. The summed E-state index contributed by atoms with van der Waals surface area (Å²) in [5, 5.41) is 9.70. The number of halogens is 2. The molecule has 28 heavy (non-hydrogen) atoms. The fraction of sp³-hybridized carbons (Fsp3) is 0.333. The van der Waals surface area contributed by atoms with Gasteiger partial charge in [0.2, 0.25) is 0 Å². The minimum absolute atomic E-state index is 0.130. The third-order valence-electron chi connectivity index (χ3n) is 4.66. The zero-order chi connectivity index (χ0) is 20.3. The van der Waals surface area contributed by atoms with E-state index in [0.29, 0.717) is 35.6 Å². The van der Waals surface area contributed by atoms with Crippen LogP contribution in [0.2, 0.25) is 0 Å². The number of aromatic nitrogens is 2. The molecule has 2 heterocycles. The summed E-state index contributed by atoms with van der Waals surface area (Å²) < 4.78 is 34.9. The third kappa shape index (κ3) is 4.04. The number of benzene rings is 1. The fourth-order valence-electron chi connectivity index (χ4n) is 3.05. The molecule has 0 aliphatic rings. The number of hydrogen-bond donors (Lipinski definition) is 1. The van der Waals surface area contributed by atoms with Crippen LogP contribution in [0.5, 0.6) is 5.75 Å². The highest BCUT2D eigenvalue weighted by Crippen LogP contribution is 2.25. The van der Waals surface area contributed by atoms with Crippen LogP contribution in [0, 0.1) is 18.6 Å². The number of hydrogen-bond acceptors (Lipinski definition) is 4. The Morgan fingerprint density at radius 1 is 1.25 bits per heavy atom. The van der Waals surface area contributed by atoms with Gasteiger partial charge in [0.15, 0.2) is 17.2 Å². The molecule has 0 fully saturated rings. The molecule has 0 aliphatic heterocycles. The minimum Gasteiger partial charge on any atom is -0.485 e. The van der Waals surface area contributed by atoms with Gasteiger partial charge < -0.3 is 9.84 Å². The Bertz CT molecular complexity index is 980. The van der Waals surface area contributed by atoms with E-state index in [1.807, 2.05) is 6.92 Å². The second-order valence-corrected chi connectivity index (χ2v) is 6.62. The first kappa shape index (κ1) is 19.9. The summed E-state index contributed by atoms with van der Waals surface area (Å²) in [5.41, 5.74) is 1.18. The maximum absolute atomic E-state index is 13.8. The average molecular weight is 388 g/mol. The van der Waals surface area contributed by atoms with Gasteiger partial charge in [0.25, 0.3) is 0 Å². The topological polar surface area (TPSA) is 63.8 Å². The van der Waals surface area contributed by atoms with Crippen LogP contribution in [0.4, 0.5) is 8.78 Å². The van der Waals surface area contributed by atoms with E-state index < -0.39 is 17.7 Å². The van der Waals surface area contributed by atoms with Gasteiger partial charge in [0.1, 0.15) is 23.9 Å². The summed E-state index contributed by atoms with van der Waals surface area (Å²) in [5.74, 6) is -1.18. The molecule has 1 aromatic carbocycles. The molecule has 0 saturated heterocycles. The van der Waals surface area contributed by atoms with Crippen molar-refractivity contribution in [1.82, 2.24) is 9.38 Å². The van der Waals surface area contributed by atoms with Gasteiger partial charge in [-0.2, -0.15) is 0 Å². The SMILES string of the molecule is CCC(O)CCC(=O)c1c(C)nc2c(OCc3c(F)cccc3F)cccn12. The van der Waals surface area contributed by atoms with E-state index in [0.717, 1.165) is 0 Å². The van der Waals surface area contributed by atoms with Gasteiger partial charge in [0.05, 0.1) is 17.4 Å². The van der Waals surface area contributed by atoms with Gasteiger partial charge in [-0.1, -0.05) is 13.0 Å². The largest absolute Gasteiger partial charge is 0.485 e. The number of carbonyl (C=O) groups is 1.